The fourth-order valence-corrected chi connectivity index (χ4v) is 3.46. The molecule has 0 unspecified atom stereocenters. The Morgan fingerprint density at radius 3 is 2.37 bits per heavy atom. The van der Waals surface area contributed by atoms with Gasteiger partial charge in [0.1, 0.15) is 23.1 Å². The second kappa shape index (κ2) is 8.27. The number of halogens is 2. The quantitative estimate of drug-likeness (QED) is 0.406. The van der Waals surface area contributed by atoms with E-state index < -0.39 is 11.6 Å². The van der Waals surface area contributed by atoms with E-state index in [-0.39, 0.29) is 17.5 Å². The van der Waals surface area contributed by atoms with E-state index in [1.165, 1.54) is 23.5 Å². The van der Waals surface area contributed by atoms with Crippen LogP contribution in [0.2, 0.25) is 0 Å². The molecule has 0 aliphatic rings. The Labute approximate surface area is 175 Å². The molecule has 0 radical (unpaired) electrons. The number of aryl methyl sites for hydroxylation is 1. The number of hydrogen-bond acceptors (Lipinski definition) is 6. The normalized spacial score (nSPS) is 10.5. The van der Waals surface area contributed by atoms with Crippen molar-refractivity contribution in [2.75, 3.05) is 10.6 Å². The summed E-state index contributed by atoms with van der Waals surface area (Å²) in [5.74, 6) is -0.891. The van der Waals surface area contributed by atoms with E-state index in [4.69, 9.17) is 5.26 Å². The number of benzene rings is 2. The van der Waals surface area contributed by atoms with Crippen molar-refractivity contribution in [3.63, 3.8) is 0 Å². The highest BCUT2D eigenvalue weighted by atomic mass is 32.1. The van der Waals surface area contributed by atoms with Crippen LogP contribution in [0, 0.1) is 29.9 Å². The lowest BCUT2D eigenvalue weighted by Gasteiger charge is -2.13. The van der Waals surface area contributed by atoms with Gasteiger partial charge in [-0.1, -0.05) is 0 Å². The van der Waals surface area contributed by atoms with Crippen molar-refractivity contribution in [3.8, 4) is 17.2 Å². The highest BCUT2D eigenvalue weighted by Gasteiger charge is 2.15. The molecule has 0 atom stereocenters. The SMILES string of the molecule is Cc1cnc(Nc2ccc(C#N)cc2)nc1Nc1c(F)cc(-c2ccsc2)cc1F. The van der Waals surface area contributed by atoms with Gasteiger partial charge < -0.3 is 10.6 Å². The summed E-state index contributed by atoms with van der Waals surface area (Å²) in [5.41, 5.74) is 2.79. The largest absolute Gasteiger partial charge is 0.335 e. The zero-order valence-corrected chi connectivity index (χ0v) is 16.6. The van der Waals surface area contributed by atoms with Crippen LogP contribution in [0.25, 0.3) is 11.1 Å². The molecule has 0 aliphatic heterocycles. The fraction of sp³-hybridized carbons (Fsp3) is 0.0455. The fourth-order valence-electron chi connectivity index (χ4n) is 2.79. The number of nitrogens with one attached hydrogen (secondary N) is 2. The van der Waals surface area contributed by atoms with E-state index >= 15 is 0 Å². The molecule has 148 valence electrons. The summed E-state index contributed by atoms with van der Waals surface area (Å²) in [6, 6.07) is 13.2. The molecular weight excluding hydrogens is 404 g/mol. The predicted molar refractivity (Wildman–Crippen MR) is 114 cm³/mol. The van der Waals surface area contributed by atoms with Crippen LogP contribution in [0.3, 0.4) is 0 Å². The molecule has 5 nitrogen and oxygen atoms in total. The van der Waals surface area contributed by atoms with Crippen LogP contribution in [0.4, 0.5) is 31.9 Å². The Kier molecular flexibility index (Phi) is 5.37. The number of nitriles is 1. The van der Waals surface area contributed by atoms with E-state index in [2.05, 4.69) is 20.6 Å². The second-order valence-corrected chi connectivity index (χ2v) is 7.27. The Morgan fingerprint density at radius 1 is 1.00 bits per heavy atom. The second-order valence-electron chi connectivity index (χ2n) is 6.49. The van der Waals surface area contributed by atoms with E-state index in [0.29, 0.717) is 22.4 Å². The van der Waals surface area contributed by atoms with E-state index in [1.807, 2.05) is 22.9 Å². The van der Waals surface area contributed by atoms with Gasteiger partial charge in [0.15, 0.2) is 0 Å². The van der Waals surface area contributed by atoms with Gasteiger partial charge in [-0.05, 0) is 71.3 Å². The highest BCUT2D eigenvalue weighted by Crippen LogP contribution is 2.31. The average Bonchev–Trinajstić information content (AvgIpc) is 3.28. The molecule has 2 heterocycles. The molecule has 8 heteroatoms. The van der Waals surface area contributed by atoms with E-state index in [0.717, 1.165) is 5.56 Å². The molecule has 0 saturated heterocycles. The van der Waals surface area contributed by atoms with E-state index in [1.54, 1.807) is 37.4 Å². The van der Waals surface area contributed by atoms with Crippen molar-refractivity contribution >= 4 is 34.5 Å². The number of thiophene rings is 1. The maximum atomic E-state index is 14.7. The van der Waals surface area contributed by atoms with Gasteiger partial charge in [0.05, 0.1) is 11.6 Å². The first-order valence-electron chi connectivity index (χ1n) is 8.93. The minimum Gasteiger partial charge on any atom is -0.335 e. The maximum Gasteiger partial charge on any atom is 0.229 e. The summed E-state index contributed by atoms with van der Waals surface area (Å²) in [6.45, 7) is 1.74. The molecule has 0 bridgehead atoms. The Bertz CT molecular complexity index is 1210. The third-order valence-electron chi connectivity index (χ3n) is 4.38. The summed E-state index contributed by atoms with van der Waals surface area (Å²) in [5, 5.41) is 18.3. The summed E-state index contributed by atoms with van der Waals surface area (Å²) >= 11 is 1.46. The van der Waals surface area contributed by atoms with Crippen molar-refractivity contribution in [3.05, 3.63) is 82.2 Å². The van der Waals surface area contributed by atoms with Crippen LogP contribution >= 0.6 is 11.3 Å². The lowest BCUT2D eigenvalue weighted by atomic mass is 10.1. The van der Waals surface area contributed by atoms with Crippen LogP contribution in [-0.4, -0.2) is 9.97 Å². The van der Waals surface area contributed by atoms with Gasteiger partial charge in [0, 0.05) is 17.4 Å². The third-order valence-corrected chi connectivity index (χ3v) is 5.07. The van der Waals surface area contributed by atoms with Crippen molar-refractivity contribution in [1.82, 2.24) is 9.97 Å². The first-order chi connectivity index (χ1) is 14.5. The van der Waals surface area contributed by atoms with Crippen molar-refractivity contribution in [2.24, 2.45) is 0 Å². The summed E-state index contributed by atoms with van der Waals surface area (Å²) in [6.07, 6.45) is 1.55. The Morgan fingerprint density at radius 2 is 1.73 bits per heavy atom. The average molecular weight is 419 g/mol. The summed E-state index contributed by atoms with van der Waals surface area (Å²) < 4.78 is 29.3. The number of anilines is 4. The van der Waals surface area contributed by atoms with Crippen LogP contribution in [-0.2, 0) is 0 Å². The molecule has 2 N–H and O–H groups in total. The van der Waals surface area contributed by atoms with Crippen molar-refractivity contribution in [1.29, 1.82) is 5.26 Å². The molecule has 0 aliphatic carbocycles. The minimum atomic E-state index is -0.712. The molecule has 0 fully saturated rings. The van der Waals surface area contributed by atoms with Gasteiger partial charge in [-0.25, -0.2) is 13.8 Å². The molecule has 2 aromatic heterocycles. The molecule has 0 spiro atoms. The highest BCUT2D eigenvalue weighted by molar-refractivity contribution is 7.08. The van der Waals surface area contributed by atoms with Gasteiger partial charge in [0.25, 0.3) is 0 Å². The maximum absolute atomic E-state index is 14.7. The number of rotatable bonds is 5. The van der Waals surface area contributed by atoms with Crippen LogP contribution < -0.4 is 10.6 Å². The molecule has 2 aromatic carbocycles. The first-order valence-corrected chi connectivity index (χ1v) is 9.87. The van der Waals surface area contributed by atoms with Crippen LogP contribution in [0.1, 0.15) is 11.1 Å². The van der Waals surface area contributed by atoms with Crippen LogP contribution in [0.5, 0.6) is 0 Å². The van der Waals surface area contributed by atoms with Crippen molar-refractivity contribution in [2.45, 2.75) is 6.92 Å². The number of aromatic nitrogens is 2. The molecular formula is C22H15F2N5S. The lowest BCUT2D eigenvalue weighted by Crippen LogP contribution is -2.05. The minimum absolute atomic E-state index is 0.253. The summed E-state index contributed by atoms with van der Waals surface area (Å²) in [4.78, 5) is 8.53. The van der Waals surface area contributed by atoms with Gasteiger partial charge in [-0.2, -0.15) is 21.6 Å². The topological polar surface area (TPSA) is 73.6 Å². The van der Waals surface area contributed by atoms with Crippen molar-refractivity contribution < 1.29 is 8.78 Å². The Balaban J connectivity index is 1.60. The first kappa shape index (κ1) is 19.5. The molecule has 0 saturated carbocycles. The zero-order valence-electron chi connectivity index (χ0n) is 15.8. The van der Waals surface area contributed by atoms with Gasteiger partial charge in [-0.15, -0.1) is 0 Å². The standard InChI is InChI=1S/C22H15F2N5S/c1-13-11-26-22(27-17-4-2-14(10-25)3-5-17)29-21(13)28-20-18(23)8-16(9-19(20)24)15-6-7-30-12-15/h2-9,11-12H,1H3,(H2,26,27,28,29). The molecule has 4 rings (SSSR count). The van der Waals surface area contributed by atoms with Gasteiger partial charge in [-0.3, -0.25) is 0 Å². The van der Waals surface area contributed by atoms with Gasteiger partial charge in [0.2, 0.25) is 5.95 Å². The summed E-state index contributed by atoms with van der Waals surface area (Å²) in [7, 11) is 0. The molecule has 30 heavy (non-hydrogen) atoms. The third kappa shape index (κ3) is 4.11. The van der Waals surface area contributed by atoms with E-state index in [9.17, 15) is 8.78 Å². The smallest absolute Gasteiger partial charge is 0.229 e. The van der Waals surface area contributed by atoms with Gasteiger partial charge >= 0.3 is 0 Å². The monoisotopic (exact) mass is 419 g/mol. The zero-order chi connectivity index (χ0) is 21.1. The molecule has 4 aromatic rings. The predicted octanol–water partition coefficient (Wildman–Crippen LogP) is 6.15. The van der Waals surface area contributed by atoms with Crippen LogP contribution in [0.15, 0.2) is 59.4 Å². The number of nitrogens with zero attached hydrogens (tertiary/aromatic N) is 3. The number of hydrogen-bond donors (Lipinski definition) is 2. The molecule has 0 amide bonds. The lowest BCUT2D eigenvalue weighted by molar-refractivity contribution is 0.591. The Hall–Kier alpha value is -3.83.